The van der Waals surface area contributed by atoms with Crippen molar-refractivity contribution in [3.8, 4) is 0 Å². The standard InChI is InChI=1S/C22H26N4O2/c1-16-8-10-18(11-9-16)20(25-17(2)27)14-22(28)23-12-5-13-26-15-24-19-6-3-4-7-21(19)26/h3-4,6-11,15,20H,5,12-14H2,1-2H3,(H,23,28)(H,25,27). The first kappa shape index (κ1) is 19.6. The molecule has 1 heterocycles. The third kappa shape index (κ3) is 5.19. The number of fused-ring (bicyclic) bond motifs is 1. The molecule has 3 aromatic rings. The van der Waals surface area contributed by atoms with Gasteiger partial charge in [0.1, 0.15) is 0 Å². The van der Waals surface area contributed by atoms with Crippen molar-refractivity contribution in [2.45, 2.75) is 39.3 Å². The largest absolute Gasteiger partial charge is 0.356 e. The van der Waals surface area contributed by atoms with E-state index in [1.807, 2.05) is 61.8 Å². The van der Waals surface area contributed by atoms with E-state index in [9.17, 15) is 9.59 Å². The van der Waals surface area contributed by atoms with Crippen molar-refractivity contribution in [3.05, 3.63) is 66.0 Å². The molecule has 1 atom stereocenters. The van der Waals surface area contributed by atoms with Gasteiger partial charge < -0.3 is 15.2 Å². The van der Waals surface area contributed by atoms with Crippen LogP contribution in [0.1, 0.15) is 36.9 Å². The molecule has 0 aliphatic rings. The molecule has 2 N–H and O–H groups in total. The normalized spacial score (nSPS) is 11.9. The van der Waals surface area contributed by atoms with Gasteiger partial charge in [-0.2, -0.15) is 0 Å². The van der Waals surface area contributed by atoms with E-state index >= 15 is 0 Å². The lowest BCUT2D eigenvalue weighted by molar-refractivity contribution is -0.122. The zero-order valence-electron chi connectivity index (χ0n) is 16.3. The molecular weight excluding hydrogens is 352 g/mol. The van der Waals surface area contributed by atoms with Gasteiger partial charge in [0.05, 0.1) is 29.8 Å². The number of aromatic nitrogens is 2. The Bertz CT molecular complexity index is 947. The summed E-state index contributed by atoms with van der Waals surface area (Å²) in [6.45, 7) is 4.84. The molecule has 0 fully saturated rings. The maximum absolute atomic E-state index is 12.4. The lowest BCUT2D eigenvalue weighted by Gasteiger charge is -2.18. The third-order valence-electron chi connectivity index (χ3n) is 4.67. The fraction of sp³-hybridized carbons (Fsp3) is 0.318. The molecule has 3 rings (SSSR count). The van der Waals surface area contributed by atoms with Crippen molar-refractivity contribution in [1.29, 1.82) is 0 Å². The summed E-state index contributed by atoms with van der Waals surface area (Å²) in [4.78, 5) is 28.3. The third-order valence-corrected chi connectivity index (χ3v) is 4.67. The number of benzene rings is 2. The van der Waals surface area contributed by atoms with Crippen LogP contribution >= 0.6 is 0 Å². The summed E-state index contributed by atoms with van der Waals surface area (Å²) in [5, 5.41) is 5.82. The van der Waals surface area contributed by atoms with Crippen LogP contribution < -0.4 is 10.6 Å². The number of hydrogen-bond acceptors (Lipinski definition) is 3. The summed E-state index contributed by atoms with van der Waals surface area (Å²) < 4.78 is 2.09. The predicted octanol–water partition coefficient (Wildman–Crippen LogP) is 3.12. The minimum absolute atomic E-state index is 0.0742. The average molecular weight is 378 g/mol. The molecule has 0 spiro atoms. The highest BCUT2D eigenvalue weighted by molar-refractivity contribution is 5.79. The van der Waals surface area contributed by atoms with Gasteiger partial charge in [0, 0.05) is 20.0 Å². The van der Waals surface area contributed by atoms with Crippen molar-refractivity contribution in [2.75, 3.05) is 6.54 Å². The van der Waals surface area contributed by atoms with Gasteiger partial charge in [0.15, 0.2) is 0 Å². The summed E-state index contributed by atoms with van der Waals surface area (Å²) in [6, 6.07) is 15.5. The SMILES string of the molecule is CC(=O)NC(CC(=O)NCCCn1cnc2ccccc21)c1ccc(C)cc1. The zero-order chi connectivity index (χ0) is 19.9. The monoisotopic (exact) mass is 378 g/mol. The van der Waals surface area contributed by atoms with Gasteiger partial charge in [-0.25, -0.2) is 4.98 Å². The van der Waals surface area contributed by atoms with E-state index in [-0.39, 0.29) is 24.3 Å². The highest BCUT2D eigenvalue weighted by Crippen LogP contribution is 2.17. The minimum atomic E-state index is -0.323. The van der Waals surface area contributed by atoms with Crippen LogP contribution in [0.2, 0.25) is 0 Å². The Hall–Kier alpha value is -3.15. The first-order chi connectivity index (χ1) is 13.5. The van der Waals surface area contributed by atoms with Crippen LogP contribution in [0, 0.1) is 6.92 Å². The van der Waals surface area contributed by atoms with Gasteiger partial charge in [-0.1, -0.05) is 42.0 Å². The zero-order valence-corrected chi connectivity index (χ0v) is 16.3. The van der Waals surface area contributed by atoms with Crippen LogP contribution in [0.5, 0.6) is 0 Å². The summed E-state index contributed by atoms with van der Waals surface area (Å²) in [6.07, 6.45) is 2.86. The maximum Gasteiger partial charge on any atom is 0.222 e. The van der Waals surface area contributed by atoms with Crippen LogP contribution in [0.15, 0.2) is 54.9 Å². The first-order valence-corrected chi connectivity index (χ1v) is 9.53. The van der Waals surface area contributed by atoms with Crippen molar-refractivity contribution in [3.63, 3.8) is 0 Å². The van der Waals surface area contributed by atoms with Crippen LogP contribution in [-0.4, -0.2) is 27.9 Å². The molecule has 0 saturated heterocycles. The van der Waals surface area contributed by atoms with Crippen molar-refractivity contribution < 1.29 is 9.59 Å². The number of imidazole rings is 1. The van der Waals surface area contributed by atoms with Gasteiger partial charge in [0.2, 0.25) is 11.8 Å². The number of carbonyl (C=O) groups excluding carboxylic acids is 2. The Morgan fingerprint density at radius 1 is 1.11 bits per heavy atom. The number of hydrogen-bond donors (Lipinski definition) is 2. The molecule has 0 radical (unpaired) electrons. The van der Waals surface area contributed by atoms with E-state index in [2.05, 4.69) is 20.2 Å². The van der Waals surface area contributed by atoms with E-state index in [4.69, 9.17) is 0 Å². The molecule has 0 saturated carbocycles. The summed E-state index contributed by atoms with van der Waals surface area (Å²) in [7, 11) is 0. The summed E-state index contributed by atoms with van der Waals surface area (Å²) in [5.74, 6) is -0.222. The van der Waals surface area contributed by atoms with Crippen LogP contribution in [0.25, 0.3) is 11.0 Å². The second-order valence-corrected chi connectivity index (χ2v) is 7.00. The van der Waals surface area contributed by atoms with E-state index in [0.717, 1.165) is 35.1 Å². The lowest BCUT2D eigenvalue weighted by Crippen LogP contribution is -2.33. The van der Waals surface area contributed by atoms with Crippen molar-refractivity contribution in [2.24, 2.45) is 0 Å². The van der Waals surface area contributed by atoms with Gasteiger partial charge in [-0.05, 0) is 31.0 Å². The first-order valence-electron chi connectivity index (χ1n) is 9.53. The second-order valence-electron chi connectivity index (χ2n) is 7.00. The van der Waals surface area contributed by atoms with Crippen LogP contribution in [0.3, 0.4) is 0 Å². The van der Waals surface area contributed by atoms with E-state index in [1.54, 1.807) is 0 Å². The number of aryl methyl sites for hydroxylation is 2. The molecule has 28 heavy (non-hydrogen) atoms. The highest BCUT2D eigenvalue weighted by atomic mass is 16.2. The Morgan fingerprint density at radius 2 is 1.86 bits per heavy atom. The van der Waals surface area contributed by atoms with Crippen LogP contribution in [0.4, 0.5) is 0 Å². The molecule has 6 heteroatoms. The fourth-order valence-corrected chi connectivity index (χ4v) is 3.22. The highest BCUT2D eigenvalue weighted by Gasteiger charge is 2.16. The number of carbonyl (C=O) groups is 2. The number of rotatable bonds is 8. The van der Waals surface area contributed by atoms with E-state index in [1.165, 1.54) is 6.92 Å². The molecule has 2 aromatic carbocycles. The Morgan fingerprint density at radius 3 is 2.61 bits per heavy atom. The molecule has 0 bridgehead atoms. The average Bonchev–Trinajstić information content (AvgIpc) is 3.08. The topological polar surface area (TPSA) is 76.0 Å². The van der Waals surface area contributed by atoms with Crippen molar-refractivity contribution >= 4 is 22.8 Å². The number of amides is 2. The lowest BCUT2D eigenvalue weighted by atomic mass is 10.0. The van der Waals surface area contributed by atoms with Gasteiger partial charge >= 0.3 is 0 Å². The molecule has 1 unspecified atom stereocenters. The molecule has 0 aliphatic heterocycles. The molecule has 1 aromatic heterocycles. The minimum Gasteiger partial charge on any atom is -0.356 e. The van der Waals surface area contributed by atoms with Gasteiger partial charge in [-0.15, -0.1) is 0 Å². The number of para-hydroxylation sites is 2. The van der Waals surface area contributed by atoms with E-state index < -0.39 is 0 Å². The van der Waals surface area contributed by atoms with Crippen LogP contribution in [-0.2, 0) is 16.1 Å². The molecule has 2 amide bonds. The van der Waals surface area contributed by atoms with Gasteiger partial charge in [-0.3, -0.25) is 9.59 Å². The number of nitrogens with zero attached hydrogens (tertiary/aromatic N) is 2. The number of nitrogens with one attached hydrogen (secondary N) is 2. The molecular formula is C22H26N4O2. The Kier molecular flexibility index (Phi) is 6.42. The molecule has 146 valence electrons. The smallest absolute Gasteiger partial charge is 0.222 e. The van der Waals surface area contributed by atoms with Gasteiger partial charge in [0.25, 0.3) is 0 Å². The van der Waals surface area contributed by atoms with Crippen molar-refractivity contribution in [1.82, 2.24) is 20.2 Å². The Balaban J connectivity index is 1.50. The quantitative estimate of drug-likeness (QED) is 0.591. The molecule has 0 aliphatic carbocycles. The summed E-state index contributed by atoms with van der Waals surface area (Å²) >= 11 is 0. The second kappa shape index (κ2) is 9.17. The maximum atomic E-state index is 12.4. The molecule has 6 nitrogen and oxygen atoms in total. The van der Waals surface area contributed by atoms with E-state index in [0.29, 0.717) is 6.54 Å². The summed E-state index contributed by atoms with van der Waals surface area (Å²) in [5.41, 5.74) is 4.14. The predicted molar refractivity (Wildman–Crippen MR) is 110 cm³/mol. The fourth-order valence-electron chi connectivity index (χ4n) is 3.22. The Labute approximate surface area is 165 Å².